The lowest BCUT2D eigenvalue weighted by Crippen LogP contribution is -2.29. The number of rotatable bonds is 4. The summed E-state index contributed by atoms with van der Waals surface area (Å²) in [6.45, 7) is 0. The van der Waals surface area contributed by atoms with Crippen LogP contribution < -0.4 is 0 Å². The maximum atomic E-state index is 11.2. The summed E-state index contributed by atoms with van der Waals surface area (Å²) in [4.78, 5) is 25.1. The molecule has 0 radical (unpaired) electrons. The Morgan fingerprint density at radius 1 is 1.42 bits per heavy atom. The largest absolute Gasteiger partial charge is 0.467 e. The van der Waals surface area contributed by atoms with E-state index in [2.05, 4.69) is 9.72 Å². The normalized spacial score (nSPS) is 14.1. The molecule has 1 heterocycles. The highest BCUT2D eigenvalue weighted by Gasteiger charge is 2.28. The van der Waals surface area contributed by atoms with Crippen LogP contribution >= 0.6 is 0 Å². The monoisotopic (exact) mass is 263 g/mol. The number of aromatic nitrogens is 1. The number of aldehydes is 1. The van der Waals surface area contributed by atoms with Crippen molar-refractivity contribution < 1.29 is 24.5 Å². The van der Waals surface area contributed by atoms with Crippen LogP contribution in [0.15, 0.2) is 24.4 Å². The zero-order valence-corrected chi connectivity index (χ0v) is 10.2. The second-order valence-electron chi connectivity index (χ2n) is 4.04. The third-order valence-corrected chi connectivity index (χ3v) is 2.96. The first kappa shape index (κ1) is 13.3. The first-order chi connectivity index (χ1) is 9.10. The Labute approximate surface area is 108 Å². The number of benzene rings is 1. The van der Waals surface area contributed by atoms with Gasteiger partial charge in [0, 0.05) is 22.7 Å². The van der Waals surface area contributed by atoms with E-state index in [4.69, 9.17) is 0 Å². The van der Waals surface area contributed by atoms with Crippen LogP contribution in [0.2, 0.25) is 0 Å². The molecule has 0 amide bonds. The molecule has 2 aromatic rings. The van der Waals surface area contributed by atoms with Crippen molar-refractivity contribution in [2.45, 2.75) is 12.2 Å². The molecule has 6 nitrogen and oxygen atoms in total. The first-order valence-corrected chi connectivity index (χ1v) is 5.59. The minimum Gasteiger partial charge on any atom is -0.467 e. The van der Waals surface area contributed by atoms with Gasteiger partial charge in [-0.3, -0.25) is 4.79 Å². The molecule has 6 heteroatoms. The number of ether oxygens (including phenoxy) is 1. The van der Waals surface area contributed by atoms with E-state index < -0.39 is 18.2 Å². The van der Waals surface area contributed by atoms with Crippen LogP contribution in [0.25, 0.3) is 10.9 Å². The Balaban J connectivity index is 2.52. The minimum absolute atomic E-state index is 0.291. The van der Waals surface area contributed by atoms with Crippen LogP contribution in [-0.4, -0.2) is 40.7 Å². The molecule has 0 aliphatic carbocycles. The van der Waals surface area contributed by atoms with Crippen molar-refractivity contribution in [1.82, 2.24) is 4.98 Å². The van der Waals surface area contributed by atoms with Crippen LogP contribution in [-0.2, 0) is 9.53 Å². The summed E-state index contributed by atoms with van der Waals surface area (Å²) in [5, 5.41) is 20.2. The Bertz CT molecular complexity index is 619. The van der Waals surface area contributed by atoms with Crippen molar-refractivity contribution in [3.05, 3.63) is 35.5 Å². The number of esters is 1. The summed E-state index contributed by atoms with van der Waals surface area (Å²) in [6, 6.07) is 4.92. The van der Waals surface area contributed by atoms with E-state index >= 15 is 0 Å². The number of fused-ring (bicyclic) bond motifs is 1. The molecular formula is C13H13NO5. The van der Waals surface area contributed by atoms with Gasteiger partial charge in [-0.1, -0.05) is 12.1 Å². The highest BCUT2D eigenvalue weighted by atomic mass is 16.5. The topological polar surface area (TPSA) is 99.6 Å². The zero-order valence-electron chi connectivity index (χ0n) is 10.2. The van der Waals surface area contributed by atoms with Crippen molar-refractivity contribution in [2.75, 3.05) is 7.11 Å². The van der Waals surface area contributed by atoms with Crippen molar-refractivity contribution in [1.29, 1.82) is 0 Å². The van der Waals surface area contributed by atoms with Crippen LogP contribution in [0.3, 0.4) is 0 Å². The lowest BCUT2D eigenvalue weighted by molar-refractivity contribution is -0.156. The number of H-pyrrole nitrogens is 1. The van der Waals surface area contributed by atoms with Crippen LogP contribution in [0.4, 0.5) is 0 Å². The van der Waals surface area contributed by atoms with E-state index in [1.165, 1.54) is 6.20 Å². The van der Waals surface area contributed by atoms with Gasteiger partial charge in [0.1, 0.15) is 6.10 Å². The van der Waals surface area contributed by atoms with Gasteiger partial charge in [-0.2, -0.15) is 0 Å². The number of carbonyl (C=O) groups is 2. The Kier molecular flexibility index (Phi) is 3.64. The Hall–Kier alpha value is -2.18. The number of hydrogen-bond donors (Lipinski definition) is 3. The van der Waals surface area contributed by atoms with Crippen LogP contribution in [0.5, 0.6) is 0 Å². The minimum atomic E-state index is -1.70. The molecule has 2 unspecified atom stereocenters. The second-order valence-corrected chi connectivity index (χ2v) is 4.04. The molecule has 1 aromatic heterocycles. The summed E-state index contributed by atoms with van der Waals surface area (Å²) >= 11 is 0. The van der Waals surface area contributed by atoms with Gasteiger partial charge in [0.2, 0.25) is 0 Å². The molecule has 0 fully saturated rings. The van der Waals surface area contributed by atoms with Crippen molar-refractivity contribution in [3.8, 4) is 0 Å². The number of hydrogen-bond acceptors (Lipinski definition) is 5. The van der Waals surface area contributed by atoms with Gasteiger partial charge < -0.3 is 19.9 Å². The van der Waals surface area contributed by atoms with Crippen molar-refractivity contribution in [2.24, 2.45) is 0 Å². The highest BCUT2D eigenvalue weighted by Crippen LogP contribution is 2.28. The average molecular weight is 263 g/mol. The molecular weight excluding hydrogens is 250 g/mol. The predicted molar refractivity (Wildman–Crippen MR) is 66.7 cm³/mol. The molecule has 19 heavy (non-hydrogen) atoms. The highest BCUT2D eigenvalue weighted by molar-refractivity contribution is 5.99. The summed E-state index contributed by atoms with van der Waals surface area (Å²) in [6.07, 6.45) is -1.03. The molecule has 100 valence electrons. The quantitative estimate of drug-likeness (QED) is 0.552. The SMILES string of the molecule is COC(=O)C(O)C(O)c1cccc2[nH]cc(C=O)c12. The van der Waals surface area contributed by atoms with E-state index in [1.807, 2.05) is 0 Å². The van der Waals surface area contributed by atoms with Gasteiger partial charge in [0.15, 0.2) is 12.4 Å². The molecule has 2 atom stereocenters. The Morgan fingerprint density at radius 2 is 2.16 bits per heavy atom. The van der Waals surface area contributed by atoms with Crippen LogP contribution in [0, 0.1) is 0 Å². The molecule has 1 aromatic carbocycles. The first-order valence-electron chi connectivity index (χ1n) is 5.59. The Morgan fingerprint density at radius 3 is 2.79 bits per heavy atom. The fourth-order valence-electron chi connectivity index (χ4n) is 2.00. The number of aliphatic hydroxyl groups excluding tert-OH is 2. The second kappa shape index (κ2) is 5.21. The van der Waals surface area contributed by atoms with Gasteiger partial charge in [0.05, 0.1) is 7.11 Å². The molecule has 3 N–H and O–H groups in total. The fraction of sp³-hybridized carbons (Fsp3) is 0.231. The van der Waals surface area contributed by atoms with Gasteiger partial charge in [-0.25, -0.2) is 4.79 Å². The zero-order chi connectivity index (χ0) is 14.0. The number of carbonyl (C=O) groups excluding carboxylic acids is 2. The number of methoxy groups -OCH3 is 1. The molecule has 0 spiro atoms. The van der Waals surface area contributed by atoms with Crippen molar-refractivity contribution >= 4 is 23.2 Å². The summed E-state index contributed by atoms with van der Waals surface area (Å²) < 4.78 is 4.38. The standard InChI is InChI=1S/C13H13NO5/c1-19-13(18)12(17)11(16)8-3-2-4-9-10(8)7(6-15)5-14-9/h2-6,11-12,14,16-17H,1H3. The third-order valence-electron chi connectivity index (χ3n) is 2.96. The lowest BCUT2D eigenvalue weighted by atomic mass is 9.98. The molecule has 0 aliphatic heterocycles. The van der Waals surface area contributed by atoms with Gasteiger partial charge in [0.25, 0.3) is 0 Å². The molecule has 0 saturated carbocycles. The summed E-state index contributed by atoms with van der Waals surface area (Å²) in [7, 11) is 1.12. The van der Waals surface area contributed by atoms with E-state index in [0.29, 0.717) is 28.3 Å². The smallest absolute Gasteiger partial charge is 0.337 e. The maximum Gasteiger partial charge on any atom is 0.337 e. The van der Waals surface area contributed by atoms with E-state index in [0.717, 1.165) is 7.11 Å². The van der Waals surface area contributed by atoms with Crippen LogP contribution in [0.1, 0.15) is 22.0 Å². The molecule has 2 rings (SSSR count). The van der Waals surface area contributed by atoms with Gasteiger partial charge >= 0.3 is 5.97 Å². The summed E-state index contributed by atoms with van der Waals surface area (Å²) in [5.41, 5.74) is 1.27. The van der Waals surface area contributed by atoms with E-state index in [-0.39, 0.29) is 0 Å². The van der Waals surface area contributed by atoms with E-state index in [1.54, 1.807) is 18.2 Å². The predicted octanol–water partition coefficient (Wildman–Crippen LogP) is 0.548. The fourth-order valence-corrected chi connectivity index (χ4v) is 2.00. The van der Waals surface area contributed by atoms with Crippen molar-refractivity contribution in [3.63, 3.8) is 0 Å². The average Bonchev–Trinajstić information content (AvgIpc) is 2.87. The molecule has 0 bridgehead atoms. The number of nitrogens with one attached hydrogen (secondary N) is 1. The van der Waals surface area contributed by atoms with Gasteiger partial charge in [-0.15, -0.1) is 0 Å². The molecule has 0 saturated heterocycles. The lowest BCUT2D eigenvalue weighted by Gasteiger charge is -2.17. The summed E-state index contributed by atoms with van der Waals surface area (Å²) in [5.74, 6) is -0.937. The van der Waals surface area contributed by atoms with E-state index in [9.17, 15) is 19.8 Å². The third kappa shape index (κ3) is 2.23. The van der Waals surface area contributed by atoms with Gasteiger partial charge in [-0.05, 0) is 11.6 Å². The number of aliphatic hydroxyl groups is 2. The number of aromatic amines is 1. The maximum absolute atomic E-state index is 11.2. The molecule has 0 aliphatic rings.